The Morgan fingerprint density at radius 3 is 2.57 bits per heavy atom. The molecule has 2 heterocycles. The molecule has 6 heteroatoms. The fraction of sp³-hybridized carbons (Fsp3) is 0.333. The van der Waals surface area contributed by atoms with Gasteiger partial charge < -0.3 is 15.2 Å². The van der Waals surface area contributed by atoms with Crippen LogP contribution in [0.5, 0.6) is 0 Å². The summed E-state index contributed by atoms with van der Waals surface area (Å²) in [4.78, 5) is 32.0. The third-order valence-electron chi connectivity index (χ3n) is 5.67. The Kier molecular flexibility index (Phi) is 5.86. The molecular weight excluding hydrogens is 376 g/mol. The normalized spacial score (nSPS) is 16.6. The first-order chi connectivity index (χ1) is 14.5. The van der Waals surface area contributed by atoms with Crippen LogP contribution < -0.4 is 5.32 Å². The van der Waals surface area contributed by atoms with Crippen LogP contribution in [0.15, 0.2) is 54.7 Å². The van der Waals surface area contributed by atoms with Gasteiger partial charge in [0.25, 0.3) is 5.91 Å². The van der Waals surface area contributed by atoms with Gasteiger partial charge in [0.1, 0.15) is 6.04 Å². The zero-order chi connectivity index (χ0) is 21.1. The van der Waals surface area contributed by atoms with E-state index in [2.05, 4.69) is 47.6 Å². The minimum atomic E-state index is -0.505. The van der Waals surface area contributed by atoms with E-state index >= 15 is 0 Å². The number of aromatic amines is 1. The van der Waals surface area contributed by atoms with Crippen molar-refractivity contribution in [3.8, 4) is 0 Å². The average molecular weight is 405 g/mol. The van der Waals surface area contributed by atoms with E-state index in [-0.39, 0.29) is 11.9 Å². The van der Waals surface area contributed by atoms with Crippen molar-refractivity contribution >= 4 is 22.8 Å². The number of carbonyl (C=O) groups is 2. The first-order valence-electron chi connectivity index (χ1n) is 10.4. The molecule has 1 aliphatic rings. The molecule has 4 rings (SSSR count). The minimum Gasteiger partial charge on any atom is -0.361 e. The van der Waals surface area contributed by atoms with Crippen molar-refractivity contribution < 1.29 is 9.59 Å². The van der Waals surface area contributed by atoms with Crippen LogP contribution >= 0.6 is 0 Å². The standard InChI is InChI=1S/C24H28N4O2/c1-27(2)12-11-19-16-25-21-9-8-18(14-20(19)21)15-22-23(29)28(24(30)26-22)13-10-17-6-4-3-5-7-17/h3-9,14,16,22,25H,10-13,15H2,1-2H3,(H,26,30). The summed E-state index contributed by atoms with van der Waals surface area (Å²) in [6.07, 6.45) is 4.19. The summed E-state index contributed by atoms with van der Waals surface area (Å²) in [5, 5.41) is 4.05. The van der Waals surface area contributed by atoms with Crippen molar-refractivity contribution in [1.82, 2.24) is 20.1 Å². The Morgan fingerprint density at radius 1 is 1.00 bits per heavy atom. The van der Waals surface area contributed by atoms with E-state index in [1.165, 1.54) is 15.8 Å². The fourth-order valence-electron chi connectivity index (χ4n) is 3.95. The van der Waals surface area contributed by atoms with Gasteiger partial charge in [-0.2, -0.15) is 0 Å². The van der Waals surface area contributed by atoms with E-state index in [0.29, 0.717) is 19.4 Å². The lowest BCUT2D eigenvalue weighted by atomic mass is 10.0. The molecule has 3 aromatic rings. The van der Waals surface area contributed by atoms with Gasteiger partial charge in [0.15, 0.2) is 0 Å². The number of amides is 3. The van der Waals surface area contributed by atoms with E-state index in [4.69, 9.17) is 0 Å². The number of urea groups is 1. The molecule has 1 fully saturated rings. The number of nitrogens with one attached hydrogen (secondary N) is 2. The number of nitrogens with zero attached hydrogens (tertiary/aromatic N) is 2. The van der Waals surface area contributed by atoms with Gasteiger partial charge in [0.05, 0.1) is 0 Å². The molecule has 0 saturated carbocycles. The number of carbonyl (C=O) groups excluding carboxylic acids is 2. The molecule has 3 amide bonds. The molecule has 1 atom stereocenters. The number of rotatable bonds is 8. The number of fused-ring (bicyclic) bond motifs is 1. The fourth-order valence-corrected chi connectivity index (χ4v) is 3.95. The Labute approximate surface area is 176 Å². The van der Waals surface area contributed by atoms with Crippen LogP contribution in [0.25, 0.3) is 10.9 Å². The van der Waals surface area contributed by atoms with Crippen LogP contribution in [0.4, 0.5) is 4.79 Å². The van der Waals surface area contributed by atoms with Crippen LogP contribution in [0.2, 0.25) is 0 Å². The highest BCUT2D eigenvalue weighted by molar-refractivity contribution is 6.04. The zero-order valence-corrected chi connectivity index (χ0v) is 17.5. The summed E-state index contributed by atoms with van der Waals surface area (Å²) in [5.74, 6) is -0.141. The number of benzene rings is 2. The van der Waals surface area contributed by atoms with Gasteiger partial charge in [-0.05, 0) is 55.8 Å². The van der Waals surface area contributed by atoms with Crippen LogP contribution in [-0.4, -0.2) is 59.9 Å². The summed E-state index contributed by atoms with van der Waals surface area (Å²) in [7, 11) is 4.14. The Bertz CT molecular complexity index is 1040. The molecule has 6 nitrogen and oxygen atoms in total. The molecular formula is C24H28N4O2. The maximum atomic E-state index is 12.8. The maximum Gasteiger partial charge on any atom is 0.324 e. The molecule has 2 N–H and O–H groups in total. The lowest BCUT2D eigenvalue weighted by molar-refractivity contribution is -0.127. The second-order valence-corrected chi connectivity index (χ2v) is 8.18. The van der Waals surface area contributed by atoms with Gasteiger partial charge >= 0.3 is 6.03 Å². The molecule has 0 bridgehead atoms. The van der Waals surface area contributed by atoms with Crippen molar-refractivity contribution in [2.24, 2.45) is 0 Å². The zero-order valence-electron chi connectivity index (χ0n) is 17.5. The Balaban J connectivity index is 1.43. The predicted octanol–water partition coefficient (Wildman–Crippen LogP) is 2.98. The second kappa shape index (κ2) is 8.71. The van der Waals surface area contributed by atoms with E-state index < -0.39 is 6.04 Å². The molecule has 156 valence electrons. The molecule has 1 aromatic heterocycles. The summed E-state index contributed by atoms with van der Waals surface area (Å²) in [5.41, 5.74) is 4.53. The van der Waals surface area contributed by atoms with Crippen molar-refractivity contribution in [2.45, 2.75) is 25.3 Å². The van der Waals surface area contributed by atoms with Crippen LogP contribution in [0, 0.1) is 0 Å². The summed E-state index contributed by atoms with van der Waals surface area (Å²) in [6, 6.07) is 15.3. The SMILES string of the molecule is CN(C)CCc1c[nH]c2ccc(CC3NC(=O)N(CCc4ccccc4)C3=O)cc12. The summed E-state index contributed by atoms with van der Waals surface area (Å²) >= 11 is 0. The topological polar surface area (TPSA) is 68.4 Å². The molecule has 30 heavy (non-hydrogen) atoms. The van der Waals surface area contributed by atoms with Gasteiger partial charge in [0.2, 0.25) is 0 Å². The van der Waals surface area contributed by atoms with Crippen LogP contribution in [0.1, 0.15) is 16.7 Å². The lowest BCUT2D eigenvalue weighted by Crippen LogP contribution is -2.33. The Hall–Kier alpha value is -3.12. The summed E-state index contributed by atoms with van der Waals surface area (Å²) in [6.45, 7) is 1.38. The van der Waals surface area contributed by atoms with E-state index in [0.717, 1.165) is 29.6 Å². The van der Waals surface area contributed by atoms with Crippen molar-refractivity contribution in [3.63, 3.8) is 0 Å². The van der Waals surface area contributed by atoms with Gasteiger partial charge in [0, 0.05) is 36.6 Å². The highest BCUT2D eigenvalue weighted by Gasteiger charge is 2.37. The summed E-state index contributed by atoms with van der Waals surface area (Å²) < 4.78 is 0. The van der Waals surface area contributed by atoms with Gasteiger partial charge in [-0.25, -0.2) is 4.79 Å². The third-order valence-corrected chi connectivity index (χ3v) is 5.67. The number of hydrogen-bond donors (Lipinski definition) is 2. The van der Waals surface area contributed by atoms with Crippen molar-refractivity contribution in [3.05, 3.63) is 71.4 Å². The number of hydrogen-bond acceptors (Lipinski definition) is 3. The number of H-pyrrole nitrogens is 1. The quantitative estimate of drug-likeness (QED) is 0.567. The molecule has 0 aliphatic carbocycles. The molecule has 1 aliphatic heterocycles. The highest BCUT2D eigenvalue weighted by atomic mass is 16.2. The van der Waals surface area contributed by atoms with Crippen molar-refractivity contribution in [1.29, 1.82) is 0 Å². The van der Waals surface area contributed by atoms with E-state index in [9.17, 15) is 9.59 Å². The van der Waals surface area contributed by atoms with Crippen molar-refractivity contribution in [2.75, 3.05) is 27.2 Å². The average Bonchev–Trinajstić information content (AvgIpc) is 3.26. The van der Waals surface area contributed by atoms with Crippen LogP contribution in [0.3, 0.4) is 0 Å². The van der Waals surface area contributed by atoms with Gasteiger partial charge in [-0.15, -0.1) is 0 Å². The largest absolute Gasteiger partial charge is 0.361 e. The highest BCUT2D eigenvalue weighted by Crippen LogP contribution is 2.22. The molecule has 1 saturated heterocycles. The number of imide groups is 1. The number of aromatic nitrogens is 1. The van der Waals surface area contributed by atoms with Gasteiger partial charge in [-0.3, -0.25) is 9.69 Å². The molecule has 1 unspecified atom stereocenters. The monoisotopic (exact) mass is 404 g/mol. The lowest BCUT2D eigenvalue weighted by Gasteiger charge is -2.13. The third kappa shape index (κ3) is 4.39. The maximum absolute atomic E-state index is 12.8. The molecule has 0 spiro atoms. The molecule has 0 radical (unpaired) electrons. The Morgan fingerprint density at radius 2 is 1.80 bits per heavy atom. The smallest absolute Gasteiger partial charge is 0.324 e. The van der Waals surface area contributed by atoms with E-state index in [1.54, 1.807) is 0 Å². The second-order valence-electron chi connectivity index (χ2n) is 8.18. The van der Waals surface area contributed by atoms with Gasteiger partial charge in [-0.1, -0.05) is 36.4 Å². The first kappa shape index (κ1) is 20.2. The van der Waals surface area contributed by atoms with Crippen LogP contribution in [-0.2, 0) is 24.1 Å². The predicted molar refractivity (Wildman–Crippen MR) is 118 cm³/mol. The number of likely N-dealkylation sites (N-methyl/N-ethyl adjacent to an activating group) is 1. The molecule has 2 aromatic carbocycles. The first-order valence-corrected chi connectivity index (χ1v) is 10.4. The minimum absolute atomic E-state index is 0.141. The van der Waals surface area contributed by atoms with E-state index in [1.807, 2.05) is 36.4 Å².